The van der Waals surface area contributed by atoms with E-state index in [1.54, 1.807) is 0 Å². The summed E-state index contributed by atoms with van der Waals surface area (Å²) in [7, 11) is 0. The van der Waals surface area contributed by atoms with Crippen molar-refractivity contribution in [2.45, 2.75) is 30.5 Å². The number of carbonyl (C=O) groups is 3. The molecule has 5 atom stereocenters. The molecule has 0 aliphatic carbocycles. The highest BCUT2D eigenvalue weighted by molar-refractivity contribution is 5.80. The van der Waals surface area contributed by atoms with Gasteiger partial charge in [-0.05, 0) is 0 Å². The van der Waals surface area contributed by atoms with Gasteiger partial charge in [0.2, 0.25) is 18.7 Å². The number of nitrogens with one attached hydrogen (secondary N) is 2. The van der Waals surface area contributed by atoms with Crippen molar-refractivity contribution in [1.29, 1.82) is 0 Å². The first-order valence-corrected chi connectivity index (χ1v) is 4.80. The van der Waals surface area contributed by atoms with Crippen LogP contribution < -0.4 is 22.1 Å². The molecule has 9 nitrogen and oxygen atoms in total. The Kier molecular flexibility index (Phi) is 4.37. The molecule has 0 bridgehead atoms. The molecule has 0 radical (unpaired) electrons. The molecule has 96 valence electrons. The van der Waals surface area contributed by atoms with Crippen molar-refractivity contribution in [3.8, 4) is 0 Å². The first-order valence-electron chi connectivity index (χ1n) is 4.80. The van der Waals surface area contributed by atoms with Gasteiger partial charge in [0.25, 0.3) is 0 Å². The molecular formula is C8H14N4O5. The van der Waals surface area contributed by atoms with Crippen LogP contribution in [0.1, 0.15) is 0 Å². The van der Waals surface area contributed by atoms with E-state index < -0.39 is 36.4 Å². The van der Waals surface area contributed by atoms with Crippen molar-refractivity contribution >= 4 is 18.7 Å². The molecule has 1 rings (SSSR count). The van der Waals surface area contributed by atoms with Crippen molar-refractivity contribution in [3.05, 3.63) is 0 Å². The van der Waals surface area contributed by atoms with Crippen LogP contribution in [0.2, 0.25) is 0 Å². The van der Waals surface area contributed by atoms with Crippen molar-refractivity contribution in [1.82, 2.24) is 10.6 Å². The summed E-state index contributed by atoms with van der Waals surface area (Å²) in [5, 5.41) is 14.0. The Morgan fingerprint density at radius 2 is 1.76 bits per heavy atom. The molecule has 0 aromatic carbocycles. The normalized spacial score (nSPS) is 36.9. The lowest BCUT2D eigenvalue weighted by molar-refractivity contribution is -0.193. The second-order valence-corrected chi connectivity index (χ2v) is 3.55. The topological polar surface area (TPSA) is 157 Å². The largest absolute Gasteiger partial charge is 0.367 e. The fourth-order valence-corrected chi connectivity index (χ4v) is 1.74. The number of primary amides is 1. The molecule has 3 amide bonds. The summed E-state index contributed by atoms with van der Waals surface area (Å²) in [4.78, 5) is 32.0. The number of hydrogen-bond donors (Lipinski definition) is 5. The van der Waals surface area contributed by atoms with Gasteiger partial charge in [0, 0.05) is 0 Å². The molecule has 7 N–H and O–H groups in total. The molecule has 0 saturated carbocycles. The lowest BCUT2D eigenvalue weighted by Crippen LogP contribution is -2.71. The Balaban J connectivity index is 2.96. The minimum absolute atomic E-state index is 0.327. The smallest absolute Gasteiger partial charge is 0.248 e. The van der Waals surface area contributed by atoms with E-state index in [9.17, 15) is 19.5 Å². The zero-order valence-electron chi connectivity index (χ0n) is 8.78. The monoisotopic (exact) mass is 246 g/mol. The molecule has 0 aromatic rings. The van der Waals surface area contributed by atoms with Crippen LogP contribution in [0.25, 0.3) is 0 Å². The van der Waals surface area contributed by atoms with Gasteiger partial charge in [0.15, 0.2) is 12.4 Å². The Morgan fingerprint density at radius 3 is 2.24 bits per heavy atom. The number of amides is 3. The van der Waals surface area contributed by atoms with Crippen LogP contribution in [0.5, 0.6) is 0 Å². The van der Waals surface area contributed by atoms with Gasteiger partial charge in [-0.3, -0.25) is 14.4 Å². The van der Waals surface area contributed by atoms with Crippen molar-refractivity contribution in [2.75, 3.05) is 0 Å². The molecule has 0 spiro atoms. The minimum Gasteiger partial charge on any atom is -0.367 e. The van der Waals surface area contributed by atoms with Crippen molar-refractivity contribution in [3.63, 3.8) is 0 Å². The predicted molar refractivity (Wildman–Crippen MR) is 54.0 cm³/mol. The van der Waals surface area contributed by atoms with Gasteiger partial charge >= 0.3 is 0 Å². The molecule has 0 unspecified atom stereocenters. The van der Waals surface area contributed by atoms with Gasteiger partial charge in [-0.25, -0.2) is 0 Å². The summed E-state index contributed by atoms with van der Waals surface area (Å²) in [6.07, 6.45) is -2.06. The summed E-state index contributed by atoms with van der Waals surface area (Å²) >= 11 is 0. The van der Waals surface area contributed by atoms with Gasteiger partial charge in [-0.1, -0.05) is 0 Å². The lowest BCUT2D eigenvalue weighted by atomic mass is 9.92. The summed E-state index contributed by atoms with van der Waals surface area (Å²) < 4.78 is 4.88. The van der Waals surface area contributed by atoms with Crippen LogP contribution in [0.15, 0.2) is 0 Å². The second kappa shape index (κ2) is 5.57. The van der Waals surface area contributed by atoms with Gasteiger partial charge in [-0.2, -0.15) is 0 Å². The zero-order valence-corrected chi connectivity index (χ0v) is 8.78. The van der Waals surface area contributed by atoms with E-state index in [-0.39, 0.29) is 0 Å². The summed E-state index contributed by atoms with van der Waals surface area (Å²) in [5.41, 5.74) is 10.7. The maximum absolute atomic E-state index is 11.1. The van der Waals surface area contributed by atoms with Crippen LogP contribution in [0.4, 0.5) is 0 Å². The number of nitrogens with two attached hydrogens (primary N) is 2. The maximum atomic E-state index is 11.1. The van der Waals surface area contributed by atoms with E-state index in [2.05, 4.69) is 10.6 Å². The number of carbonyl (C=O) groups excluding carboxylic acids is 3. The molecule has 1 aliphatic heterocycles. The fourth-order valence-electron chi connectivity index (χ4n) is 1.74. The number of rotatable bonds is 5. The van der Waals surface area contributed by atoms with Gasteiger partial charge in [0.05, 0.1) is 18.1 Å². The second-order valence-electron chi connectivity index (χ2n) is 3.55. The predicted octanol–water partition coefficient (Wildman–Crippen LogP) is -4.25. The highest BCUT2D eigenvalue weighted by atomic mass is 16.6. The van der Waals surface area contributed by atoms with Crippen LogP contribution in [-0.2, 0) is 19.1 Å². The van der Waals surface area contributed by atoms with Gasteiger partial charge in [0.1, 0.15) is 0 Å². The zero-order chi connectivity index (χ0) is 13.0. The van der Waals surface area contributed by atoms with Gasteiger partial charge < -0.3 is 31.9 Å². The Hall–Kier alpha value is -1.71. The molecule has 17 heavy (non-hydrogen) atoms. The Bertz CT molecular complexity index is 312. The number of ether oxygens (including phenoxy) is 1. The van der Waals surface area contributed by atoms with E-state index in [1.165, 1.54) is 0 Å². The van der Waals surface area contributed by atoms with Crippen LogP contribution >= 0.6 is 0 Å². The molecular weight excluding hydrogens is 232 g/mol. The molecule has 1 saturated heterocycles. The number of aliphatic hydroxyl groups excluding tert-OH is 1. The summed E-state index contributed by atoms with van der Waals surface area (Å²) in [6.45, 7) is 0. The van der Waals surface area contributed by atoms with Crippen LogP contribution in [0.3, 0.4) is 0 Å². The van der Waals surface area contributed by atoms with Gasteiger partial charge in [-0.15, -0.1) is 0 Å². The first kappa shape index (κ1) is 13.4. The fraction of sp³-hybridized carbons (Fsp3) is 0.625. The summed E-state index contributed by atoms with van der Waals surface area (Å²) in [6, 6.07) is -2.79. The van der Waals surface area contributed by atoms with Crippen LogP contribution in [0, 0.1) is 0 Å². The third kappa shape index (κ3) is 2.70. The van der Waals surface area contributed by atoms with Crippen LogP contribution in [-0.4, -0.2) is 54.4 Å². The maximum Gasteiger partial charge on any atom is 0.248 e. The summed E-state index contributed by atoms with van der Waals surface area (Å²) in [5.74, 6) is -0.881. The van der Waals surface area contributed by atoms with Crippen molar-refractivity contribution < 1.29 is 24.2 Å². The van der Waals surface area contributed by atoms with E-state index in [4.69, 9.17) is 16.2 Å². The number of hydrogen-bond acceptors (Lipinski definition) is 6. The Labute approximate surface area is 96.5 Å². The number of aliphatic hydroxyl groups is 1. The van der Waals surface area contributed by atoms with E-state index in [0.29, 0.717) is 12.8 Å². The quantitative estimate of drug-likeness (QED) is 0.309. The van der Waals surface area contributed by atoms with E-state index in [0.717, 1.165) is 0 Å². The molecule has 1 heterocycles. The SMILES string of the molecule is NC(=O)[C@H]1O[C@H](O)[C@H](N)[C@@H](NC=O)[C@H]1NC=O. The standard InChI is InChI=1S/C8H14N4O5/c9-3-4(11-1-13)5(12-2-14)6(7(10)15)17-8(3)16/h1-6,8,16H,9H2,(H2,10,15)(H,11,13)(H,12,14)/t3-,4-,5-,6+,8+/m1/s1. The first-order chi connectivity index (χ1) is 8.02. The minimum atomic E-state index is -1.46. The average Bonchev–Trinajstić information content (AvgIpc) is 2.28. The molecule has 1 aliphatic rings. The third-order valence-corrected chi connectivity index (χ3v) is 2.54. The highest BCUT2D eigenvalue weighted by Crippen LogP contribution is 2.18. The average molecular weight is 246 g/mol. The molecule has 0 aromatic heterocycles. The van der Waals surface area contributed by atoms with E-state index in [1.807, 2.05) is 0 Å². The third-order valence-electron chi connectivity index (χ3n) is 2.54. The highest BCUT2D eigenvalue weighted by Gasteiger charge is 2.45. The lowest BCUT2D eigenvalue weighted by Gasteiger charge is -2.42. The molecule has 1 fully saturated rings. The Morgan fingerprint density at radius 1 is 1.24 bits per heavy atom. The van der Waals surface area contributed by atoms with E-state index >= 15 is 0 Å². The van der Waals surface area contributed by atoms with Crippen molar-refractivity contribution in [2.24, 2.45) is 11.5 Å². The molecule has 9 heteroatoms.